The summed E-state index contributed by atoms with van der Waals surface area (Å²) in [5.74, 6) is 0.577. The van der Waals surface area contributed by atoms with E-state index in [1.807, 2.05) is 43.3 Å². The Morgan fingerprint density at radius 2 is 1.86 bits per heavy atom. The molecule has 2 heterocycles. The second-order valence-corrected chi connectivity index (χ2v) is 9.31. The van der Waals surface area contributed by atoms with Crippen LogP contribution in [0.25, 0.3) is 21.2 Å². The van der Waals surface area contributed by atoms with Crippen LogP contribution in [0.15, 0.2) is 71.2 Å². The van der Waals surface area contributed by atoms with Gasteiger partial charge in [0.1, 0.15) is 9.96 Å². The molecule has 0 unspecified atom stereocenters. The van der Waals surface area contributed by atoms with Crippen molar-refractivity contribution in [1.82, 2.24) is 4.98 Å². The minimum absolute atomic E-state index is 0.278. The molecular formula is C21H18N2O3S2. The summed E-state index contributed by atoms with van der Waals surface area (Å²) >= 11 is 1.25. The summed E-state index contributed by atoms with van der Waals surface area (Å²) in [6.45, 7) is 1.99. The molecule has 0 bridgehead atoms. The van der Waals surface area contributed by atoms with Gasteiger partial charge >= 0.3 is 0 Å². The van der Waals surface area contributed by atoms with Crippen molar-refractivity contribution in [3.63, 3.8) is 0 Å². The molecule has 7 heteroatoms. The number of aryl methyl sites for hydroxylation is 1. The van der Waals surface area contributed by atoms with Gasteiger partial charge in [0.15, 0.2) is 0 Å². The third-order valence-electron chi connectivity index (χ3n) is 4.45. The first-order valence-corrected chi connectivity index (χ1v) is 10.9. The quantitative estimate of drug-likeness (QED) is 0.498. The van der Waals surface area contributed by atoms with Gasteiger partial charge in [-0.05, 0) is 48.2 Å². The van der Waals surface area contributed by atoms with E-state index in [4.69, 9.17) is 4.74 Å². The molecule has 2 aromatic heterocycles. The molecule has 0 aliphatic carbocycles. The van der Waals surface area contributed by atoms with E-state index in [1.165, 1.54) is 11.3 Å². The molecule has 5 nitrogen and oxygen atoms in total. The molecule has 142 valence electrons. The maximum absolute atomic E-state index is 12.8. The van der Waals surface area contributed by atoms with E-state index < -0.39 is 10.0 Å². The van der Waals surface area contributed by atoms with Crippen molar-refractivity contribution in [2.75, 3.05) is 11.8 Å². The van der Waals surface area contributed by atoms with Crippen molar-refractivity contribution >= 4 is 37.1 Å². The van der Waals surface area contributed by atoms with Gasteiger partial charge in [0.05, 0.1) is 12.8 Å². The smallest absolute Gasteiger partial charge is 0.271 e. The molecule has 0 fully saturated rings. The van der Waals surface area contributed by atoms with E-state index in [0.29, 0.717) is 11.4 Å². The number of nitrogens with zero attached hydrogens (tertiary/aromatic N) is 1. The summed E-state index contributed by atoms with van der Waals surface area (Å²) in [5, 5.41) is 0.910. The van der Waals surface area contributed by atoms with Crippen LogP contribution in [0.3, 0.4) is 0 Å². The average molecular weight is 411 g/mol. The second kappa shape index (κ2) is 7.26. The lowest BCUT2D eigenvalue weighted by Crippen LogP contribution is -2.11. The molecule has 1 N–H and O–H groups in total. The standard InChI is InChI=1S/C21H18N2O3S2/c1-14-9-10-22-13-18(14)17-8-7-16(12-19(17)26-2)23-28(24,25)21-11-15-5-3-4-6-20(15)27-21/h3-13,23H,1-2H3. The molecule has 0 atom stereocenters. The van der Waals surface area contributed by atoms with Crippen LogP contribution in [0.2, 0.25) is 0 Å². The maximum atomic E-state index is 12.8. The number of fused-ring (bicyclic) bond motifs is 1. The van der Waals surface area contributed by atoms with Crippen LogP contribution < -0.4 is 9.46 Å². The van der Waals surface area contributed by atoms with Crippen molar-refractivity contribution in [3.05, 3.63) is 72.6 Å². The normalized spacial score (nSPS) is 11.5. The zero-order valence-corrected chi connectivity index (χ0v) is 17.0. The van der Waals surface area contributed by atoms with Gasteiger partial charge in [-0.1, -0.05) is 18.2 Å². The Labute approximate surface area is 167 Å². The van der Waals surface area contributed by atoms with Gasteiger partial charge in [-0.15, -0.1) is 11.3 Å². The van der Waals surface area contributed by atoms with Gasteiger partial charge in [-0.3, -0.25) is 9.71 Å². The topological polar surface area (TPSA) is 68.3 Å². The van der Waals surface area contributed by atoms with Crippen LogP contribution in [0, 0.1) is 6.92 Å². The van der Waals surface area contributed by atoms with Crippen LogP contribution in [-0.2, 0) is 10.0 Å². The number of anilines is 1. The third kappa shape index (κ3) is 3.46. The van der Waals surface area contributed by atoms with Crippen molar-refractivity contribution in [1.29, 1.82) is 0 Å². The number of hydrogen-bond acceptors (Lipinski definition) is 5. The summed E-state index contributed by atoms with van der Waals surface area (Å²) < 4.78 is 35.0. The number of pyridine rings is 1. The molecule has 0 saturated carbocycles. The predicted molar refractivity (Wildman–Crippen MR) is 114 cm³/mol. The number of rotatable bonds is 5. The highest BCUT2D eigenvalue weighted by Crippen LogP contribution is 2.35. The summed E-state index contributed by atoms with van der Waals surface area (Å²) in [6, 6.07) is 16.5. The minimum Gasteiger partial charge on any atom is -0.496 e. The Hall–Kier alpha value is -2.90. The highest BCUT2D eigenvalue weighted by molar-refractivity contribution is 7.94. The molecule has 2 aromatic carbocycles. The molecule has 0 amide bonds. The van der Waals surface area contributed by atoms with Crippen LogP contribution in [-0.4, -0.2) is 20.5 Å². The number of benzene rings is 2. The number of aromatic nitrogens is 1. The van der Waals surface area contributed by atoms with Crippen LogP contribution in [0.5, 0.6) is 5.75 Å². The highest BCUT2D eigenvalue weighted by Gasteiger charge is 2.19. The van der Waals surface area contributed by atoms with Crippen LogP contribution in [0.4, 0.5) is 5.69 Å². The lowest BCUT2D eigenvalue weighted by atomic mass is 10.0. The molecule has 0 aliphatic rings. The summed E-state index contributed by atoms with van der Waals surface area (Å²) in [4.78, 5) is 4.17. The SMILES string of the molecule is COc1cc(NS(=O)(=O)c2cc3ccccc3s2)ccc1-c1cnccc1C. The number of sulfonamides is 1. The number of hydrogen-bond donors (Lipinski definition) is 1. The van der Waals surface area contributed by atoms with Crippen molar-refractivity contribution in [2.24, 2.45) is 0 Å². The monoisotopic (exact) mass is 410 g/mol. The van der Waals surface area contributed by atoms with Crippen molar-refractivity contribution < 1.29 is 13.2 Å². The summed E-state index contributed by atoms with van der Waals surface area (Å²) in [5.41, 5.74) is 3.31. The Kier molecular flexibility index (Phi) is 4.78. The average Bonchev–Trinajstić information content (AvgIpc) is 3.14. The first-order valence-electron chi connectivity index (χ1n) is 8.58. The van der Waals surface area contributed by atoms with E-state index in [-0.39, 0.29) is 4.21 Å². The second-order valence-electron chi connectivity index (χ2n) is 6.31. The van der Waals surface area contributed by atoms with Gasteiger partial charge in [0, 0.05) is 34.3 Å². The largest absolute Gasteiger partial charge is 0.496 e. The van der Waals surface area contributed by atoms with Gasteiger partial charge in [0.2, 0.25) is 0 Å². The molecule has 4 aromatic rings. The van der Waals surface area contributed by atoms with Crippen molar-refractivity contribution in [3.8, 4) is 16.9 Å². The number of thiophene rings is 1. The first-order chi connectivity index (χ1) is 13.5. The Morgan fingerprint density at radius 3 is 2.61 bits per heavy atom. The van der Waals surface area contributed by atoms with E-state index in [1.54, 1.807) is 37.7 Å². The Morgan fingerprint density at radius 1 is 1.04 bits per heavy atom. The van der Waals surface area contributed by atoms with E-state index >= 15 is 0 Å². The number of ether oxygens (including phenoxy) is 1. The highest BCUT2D eigenvalue weighted by atomic mass is 32.2. The molecule has 0 radical (unpaired) electrons. The zero-order valence-electron chi connectivity index (χ0n) is 15.3. The molecule has 4 rings (SSSR count). The summed E-state index contributed by atoms with van der Waals surface area (Å²) in [7, 11) is -2.12. The number of nitrogens with one attached hydrogen (secondary N) is 1. The first kappa shape index (κ1) is 18.5. The lowest BCUT2D eigenvalue weighted by molar-refractivity contribution is 0.416. The fourth-order valence-electron chi connectivity index (χ4n) is 3.02. The van der Waals surface area contributed by atoms with Crippen LogP contribution >= 0.6 is 11.3 Å². The minimum atomic E-state index is -3.69. The van der Waals surface area contributed by atoms with E-state index in [0.717, 1.165) is 26.8 Å². The Bertz CT molecular complexity index is 1230. The van der Waals surface area contributed by atoms with E-state index in [9.17, 15) is 8.42 Å². The third-order valence-corrected chi connectivity index (χ3v) is 7.42. The fourth-order valence-corrected chi connectivity index (χ4v) is 5.47. The van der Waals surface area contributed by atoms with Gasteiger partial charge in [-0.2, -0.15) is 0 Å². The summed E-state index contributed by atoms with van der Waals surface area (Å²) in [6.07, 6.45) is 3.51. The maximum Gasteiger partial charge on any atom is 0.271 e. The molecular weight excluding hydrogens is 392 g/mol. The van der Waals surface area contributed by atoms with Gasteiger partial charge in [0.25, 0.3) is 10.0 Å². The van der Waals surface area contributed by atoms with E-state index in [2.05, 4.69) is 9.71 Å². The Balaban J connectivity index is 1.69. The van der Waals surface area contributed by atoms with Crippen molar-refractivity contribution in [2.45, 2.75) is 11.1 Å². The fraction of sp³-hybridized carbons (Fsp3) is 0.0952. The number of methoxy groups -OCH3 is 1. The van der Waals surface area contributed by atoms with Gasteiger partial charge in [-0.25, -0.2) is 8.42 Å². The zero-order chi connectivity index (χ0) is 19.7. The molecule has 28 heavy (non-hydrogen) atoms. The molecule has 0 aliphatic heterocycles. The predicted octanol–water partition coefficient (Wildman–Crippen LogP) is 5.08. The lowest BCUT2D eigenvalue weighted by Gasteiger charge is -2.13. The molecule has 0 spiro atoms. The van der Waals surface area contributed by atoms with Gasteiger partial charge < -0.3 is 4.74 Å². The van der Waals surface area contributed by atoms with Crippen LogP contribution in [0.1, 0.15) is 5.56 Å². The molecule has 0 saturated heterocycles.